The predicted molar refractivity (Wildman–Crippen MR) is 78.1 cm³/mol. The van der Waals surface area contributed by atoms with Crippen LogP contribution in [0.3, 0.4) is 0 Å². The number of unbranched alkanes of at least 4 members (excludes halogenated alkanes) is 1. The third-order valence-electron chi connectivity index (χ3n) is 3.13. The number of hydrogen-bond acceptors (Lipinski definition) is 2. The number of amides is 2. The van der Waals surface area contributed by atoms with E-state index in [1.807, 2.05) is 18.2 Å². The normalized spacial score (nSPS) is 13.6. The molecule has 5 heteroatoms. The van der Waals surface area contributed by atoms with Crippen LogP contribution >= 0.6 is 15.9 Å². The summed E-state index contributed by atoms with van der Waals surface area (Å²) in [4.78, 5) is 25.3. The molecular formula is C14H17BrN2O2. The van der Waals surface area contributed by atoms with Crippen molar-refractivity contribution < 1.29 is 9.59 Å². The van der Waals surface area contributed by atoms with E-state index in [9.17, 15) is 9.59 Å². The number of nitrogens with zero attached hydrogens (tertiary/aromatic N) is 1. The largest absolute Gasteiger partial charge is 0.355 e. The summed E-state index contributed by atoms with van der Waals surface area (Å²) >= 11 is 3.39. The molecule has 0 saturated carbocycles. The van der Waals surface area contributed by atoms with E-state index < -0.39 is 0 Å². The Hall–Kier alpha value is -1.36. The van der Waals surface area contributed by atoms with Crippen molar-refractivity contribution in [2.45, 2.75) is 26.2 Å². The first kappa shape index (κ1) is 14.1. The van der Waals surface area contributed by atoms with Gasteiger partial charge in [-0.3, -0.25) is 9.59 Å². The molecule has 2 rings (SSSR count). The van der Waals surface area contributed by atoms with Gasteiger partial charge in [0, 0.05) is 16.7 Å². The maximum Gasteiger partial charge on any atom is 0.240 e. The molecule has 0 unspecified atom stereocenters. The summed E-state index contributed by atoms with van der Waals surface area (Å²) in [5.74, 6) is -0.115. The van der Waals surface area contributed by atoms with Gasteiger partial charge in [-0.2, -0.15) is 0 Å². The van der Waals surface area contributed by atoms with Gasteiger partial charge in [-0.05, 0) is 30.2 Å². The fourth-order valence-corrected chi connectivity index (χ4v) is 2.54. The summed E-state index contributed by atoms with van der Waals surface area (Å²) in [6.07, 6.45) is 2.38. The van der Waals surface area contributed by atoms with E-state index in [4.69, 9.17) is 0 Å². The lowest BCUT2D eigenvalue weighted by Crippen LogP contribution is -2.39. The summed E-state index contributed by atoms with van der Waals surface area (Å²) in [5, 5.41) is 2.83. The molecule has 1 aliphatic rings. The van der Waals surface area contributed by atoms with E-state index in [1.54, 1.807) is 4.90 Å². The SMILES string of the molecule is CCCCNC(=O)CN1C(=O)Cc2cc(Br)ccc21. The van der Waals surface area contributed by atoms with E-state index in [0.717, 1.165) is 28.6 Å². The molecule has 2 amide bonds. The summed E-state index contributed by atoms with van der Waals surface area (Å²) in [6, 6.07) is 5.70. The number of halogens is 1. The minimum atomic E-state index is -0.0995. The highest BCUT2D eigenvalue weighted by atomic mass is 79.9. The molecule has 1 aliphatic heterocycles. The Labute approximate surface area is 121 Å². The minimum absolute atomic E-state index is 0.0151. The Kier molecular flexibility index (Phi) is 4.58. The van der Waals surface area contributed by atoms with Crippen LogP contribution in [0.1, 0.15) is 25.3 Å². The molecule has 0 bridgehead atoms. The first-order chi connectivity index (χ1) is 9.11. The molecule has 0 fully saturated rings. The molecule has 0 radical (unpaired) electrons. The lowest BCUT2D eigenvalue weighted by atomic mass is 10.2. The van der Waals surface area contributed by atoms with Crippen molar-refractivity contribution in [3.05, 3.63) is 28.2 Å². The van der Waals surface area contributed by atoms with Crippen LogP contribution in [0.25, 0.3) is 0 Å². The molecule has 1 heterocycles. The van der Waals surface area contributed by atoms with E-state index in [-0.39, 0.29) is 18.4 Å². The minimum Gasteiger partial charge on any atom is -0.355 e. The lowest BCUT2D eigenvalue weighted by molar-refractivity contribution is -0.123. The van der Waals surface area contributed by atoms with Crippen LogP contribution in [-0.2, 0) is 16.0 Å². The van der Waals surface area contributed by atoms with Gasteiger partial charge in [0.1, 0.15) is 6.54 Å². The average molecular weight is 325 g/mol. The Morgan fingerprint density at radius 3 is 3.00 bits per heavy atom. The second-order valence-electron chi connectivity index (χ2n) is 4.63. The monoisotopic (exact) mass is 324 g/mol. The number of fused-ring (bicyclic) bond motifs is 1. The highest BCUT2D eigenvalue weighted by Gasteiger charge is 2.28. The van der Waals surface area contributed by atoms with Gasteiger partial charge in [-0.25, -0.2) is 0 Å². The molecule has 0 atom stereocenters. The van der Waals surface area contributed by atoms with Crippen molar-refractivity contribution in [1.82, 2.24) is 5.32 Å². The molecular weight excluding hydrogens is 308 g/mol. The number of nitrogens with one attached hydrogen (secondary N) is 1. The third-order valence-corrected chi connectivity index (χ3v) is 3.62. The summed E-state index contributed by atoms with van der Waals surface area (Å²) in [5.41, 5.74) is 1.82. The smallest absolute Gasteiger partial charge is 0.240 e. The van der Waals surface area contributed by atoms with Crippen LogP contribution in [-0.4, -0.2) is 24.9 Å². The highest BCUT2D eigenvalue weighted by Crippen LogP contribution is 2.30. The fraction of sp³-hybridized carbons (Fsp3) is 0.429. The van der Waals surface area contributed by atoms with Crippen LogP contribution in [0.2, 0.25) is 0 Å². The quantitative estimate of drug-likeness (QED) is 0.844. The maximum absolute atomic E-state index is 11.9. The van der Waals surface area contributed by atoms with E-state index in [2.05, 4.69) is 28.2 Å². The number of rotatable bonds is 5. The molecule has 0 aliphatic carbocycles. The van der Waals surface area contributed by atoms with Crippen LogP contribution in [0.15, 0.2) is 22.7 Å². The van der Waals surface area contributed by atoms with E-state index in [1.165, 1.54) is 0 Å². The molecule has 19 heavy (non-hydrogen) atoms. The molecule has 0 saturated heterocycles. The lowest BCUT2D eigenvalue weighted by Gasteiger charge is -2.17. The zero-order chi connectivity index (χ0) is 13.8. The number of carbonyl (C=O) groups is 2. The third kappa shape index (κ3) is 3.35. The van der Waals surface area contributed by atoms with Gasteiger partial charge in [0.25, 0.3) is 0 Å². The molecule has 102 valence electrons. The Balaban J connectivity index is 2.02. The summed E-state index contributed by atoms with van der Waals surface area (Å²) < 4.78 is 0.952. The fourth-order valence-electron chi connectivity index (χ4n) is 2.13. The first-order valence-electron chi connectivity index (χ1n) is 6.47. The van der Waals surface area contributed by atoms with Crippen LogP contribution in [0.5, 0.6) is 0 Å². The van der Waals surface area contributed by atoms with Crippen molar-refractivity contribution in [1.29, 1.82) is 0 Å². The van der Waals surface area contributed by atoms with Crippen LogP contribution < -0.4 is 10.2 Å². The second kappa shape index (κ2) is 6.19. The predicted octanol–water partition coefficient (Wildman–Crippen LogP) is 2.25. The topological polar surface area (TPSA) is 49.4 Å². The average Bonchev–Trinajstić information content (AvgIpc) is 2.65. The van der Waals surface area contributed by atoms with Gasteiger partial charge >= 0.3 is 0 Å². The molecule has 1 aromatic rings. The van der Waals surface area contributed by atoms with Crippen molar-refractivity contribution in [3.63, 3.8) is 0 Å². The van der Waals surface area contributed by atoms with Crippen LogP contribution in [0.4, 0.5) is 5.69 Å². The van der Waals surface area contributed by atoms with Gasteiger partial charge in [0.15, 0.2) is 0 Å². The number of carbonyl (C=O) groups excluding carboxylic acids is 2. The van der Waals surface area contributed by atoms with E-state index >= 15 is 0 Å². The Morgan fingerprint density at radius 1 is 1.47 bits per heavy atom. The summed E-state index contributed by atoms with van der Waals surface area (Å²) in [7, 11) is 0. The second-order valence-corrected chi connectivity index (χ2v) is 5.55. The molecule has 0 spiro atoms. The number of benzene rings is 1. The number of hydrogen-bond donors (Lipinski definition) is 1. The molecule has 0 aromatic heterocycles. The highest BCUT2D eigenvalue weighted by molar-refractivity contribution is 9.10. The van der Waals surface area contributed by atoms with Crippen LogP contribution in [0, 0.1) is 0 Å². The van der Waals surface area contributed by atoms with Gasteiger partial charge in [0.05, 0.1) is 6.42 Å². The van der Waals surface area contributed by atoms with Crippen molar-refractivity contribution in [2.75, 3.05) is 18.0 Å². The van der Waals surface area contributed by atoms with E-state index in [0.29, 0.717) is 13.0 Å². The van der Waals surface area contributed by atoms with Gasteiger partial charge in [0.2, 0.25) is 11.8 Å². The van der Waals surface area contributed by atoms with Gasteiger partial charge in [-0.1, -0.05) is 29.3 Å². The Bertz CT molecular complexity index is 502. The molecule has 1 aromatic carbocycles. The number of anilines is 1. The molecule has 1 N–H and O–H groups in total. The molecule has 4 nitrogen and oxygen atoms in total. The van der Waals surface area contributed by atoms with Gasteiger partial charge < -0.3 is 10.2 Å². The zero-order valence-corrected chi connectivity index (χ0v) is 12.5. The van der Waals surface area contributed by atoms with Gasteiger partial charge in [-0.15, -0.1) is 0 Å². The Morgan fingerprint density at radius 2 is 2.26 bits per heavy atom. The summed E-state index contributed by atoms with van der Waals surface area (Å²) in [6.45, 7) is 2.85. The standard InChI is InChI=1S/C14H17BrN2O2/c1-2-3-6-16-13(18)9-17-12-5-4-11(15)7-10(12)8-14(17)19/h4-5,7H,2-3,6,8-9H2,1H3,(H,16,18). The zero-order valence-electron chi connectivity index (χ0n) is 10.9. The van der Waals surface area contributed by atoms with Crippen molar-refractivity contribution in [2.24, 2.45) is 0 Å². The van der Waals surface area contributed by atoms with Crippen molar-refractivity contribution >= 4 is 33.4 Å². The first-order valence-corrected chi connectivity index (χ1v) is 7.26. The maximum atomic E-state index is 11.9. The van der Waals surface area contributed by atoms with Crippen molar-refractivity contribution in [3.8, 4) is 0 Å².